The van der Waals surface area contributed by atoms with E-state index in [1.54, 1.807) is 42.7 Å². The van der Waals surface area contributed by atoms with Crippen LogP contribution < -0.4 is 0 Å². The number of pyridine rings is 1. The molecule has 0 aliphatic rings. The third-order valence-corrected chi connectivity index (χ3v) is 5.97. The Kier molecular flexibility index (Phi) is 4.43. The van der Waals surface area contributed by atoms with Crippen LogP contribution in [0.1, 0.15) is 5.89 Å². The molecule has 4 aromatic rings. The molecule has 0 aliphatic heterocycles. The lowest BCUT2D eigenvalue weighted by Crippen LogP contribution is -2.26. The van der Waals surface area contributed by atoms with Crippen molar-refractivity contribution in [3.05, 3.63) is 72.9 Å². The number of hydrogen-bond donors (Lipinski definition) is 0. The molecule has 0 radical (unpaired) electrons. The Morgan fingerprint density at radius 1 is 1.04 bits per heavy atom. The lowest BCUT2D eigenvalue weighted by Gasteiger charge is -2.15. The van der Waals surface area contributed by atoms with E-state index in [2.05, 4.69) is 15.1 Å². The van der Waals surface area contributed by atoms with Gasteiger partial charge in [0.15, 0.2) is 0 Å². The summed E-state index contributed by atoms with van der Waals surface area (Å²) < 4.78 is 32.2. The van der Waals surface area contributed by atoms with Gasteiger partial charge in [0.25, 0.3) is 0 Å². The zero-order chi connectivity index (χ0) is 18.9. The van der Waals surface area contributed by atoms with Gasteiger partial charge in [-0.15, -0.1) is 0 Å². The monoisotopic (exact) mass is 380 g/mol. The highest BCUT2D eigenvalue weighted by atomic mass is 32.2. The van der Waals surface area contributed by atoms with E-state index < -0.39 is 10.0 Å². The minimum atomic E-state index is -3.69. The first kappa shape index (κ1) is 17.3. The predicted octanol–water partition coefficient (Wildman–Crippen LogP) is 3.11. The van der Waals surface area contributed by atoms with Crippen molar-refractivity contribution >= 4 is 20.8 Å². The molecule has 7 nitrogen and oxygen atoms in total. The smallest absolute Gasteiger partial charge is 0.243 e. The Hall–Kier alpha value is -3.10. The van der Waals surface area contributed by atoms with Crippen molar-refractivity contribution in [1.82, 2.24) is 19.4 Å². The van der Waals surface area contributed by atoms with Crippen LogP contribution in [-0.4, -0.2) is 34.9 Å². The van der Waals surface area contributed by atoms with Gasteiger partial charge in [-0.25, -0.2) is 8.42 Å². The number of aromatic nitrogens is 3. The van der Waals surface area contributed by atoms with Gasteiger partial charge in [-0.3, -0.25) is 4.98 Å². The first-order valence-corrected chi connectivity index (χ1v) is 9.66. The van der Waals surface area contributed by atoms with Crippen molar-refractivity contribution < 1.29 is 12.9 Å². The maximum Gasteiger partial charge on any atom is 0.243 e. The number of hydrogen-bond acceptors (Lipinski definition) is 6. The first-order valence-electron chi connectivity index (χ1n) is 8.22. The lowest BCUT2D eigenvalue weighted by atomic mass is 10.1. The summed E-state index contributed by atoms with van der Waals surface area (Å²) in [5.74, 6) is 0.579. The predicted molar refractivity (Wildman–Crippen MR) is 100 cm³/mol. The first-order chi connectivity index (χ1) is 13.0. The standard InChI is InChI=1S/C19H16N4O3S/c1-23(13-18-21-19(22-26-18)16-7-4-10-20-12-16)27(24,25)17-9-8-14-5-2-3-6-15(14)11-17/h2-12H,13H2,1H3. The molecule has 2 aromatic carbocycles. The molecular weight excluding hydrogens is 364 g/mol. The molecule has 0 amide bonds. The average Bonchev–Trinajstić information content (AvgIpc) is 3.16. The highest BCUT2D eigenvalue weighted by Gasteiger charge is 2.23. The van der Waals surface area contributed by atoms with E-state index in [0.717, 1.165) is 10.8 Å². The topological polar surface area (TPSA) is 89.2 Å². The molecule has 0 unspecified atom stereocenters. The molecule has 0 saturated carbocycles. The Morgan fingerprint density at radius 3 is 2.63 bits per heavy atom. The van der Waals surface area contributed by atoms with Gasteiger partial charge < -0.3 is 4.52 Å². The molecule has 0 fully saturated rings. The van der Waals surface area contributed by atoms with Crippen LogP contribution in [0, 0.1) is 0 Å². The van der Waals surface area contributed by atoms with Gasteiger partial charge in [0, 0.05) is 25.0 Å². The van der Waals surface area contributed by atoms with Gasteiger partial charge in [0.05, 0.1) is 11.4 Å². The van der Waals surface area contributed by atoms with Crippen molar-refractivity contribution in [3.63, 3.8) is 0 Å². The molecule has 0 atom stereocenters. The van der Waals surface area contributed by atoms with Crippen LogP contribution in [0.2, 0.25) is 0 Å². The molecule has 0 aliphatic carbocycles. The number of rotatable bonds is 5. The third kappa shape index (κ3) is 3.44. The van der Waals surface area contributed by atoms with Crippen LogP contribution >= 0.6 is 0 Å². The Morgan fingerprint density at radius 2 is 1.85 bits per heavy atom. The molecule has 8 heteroatoms. The summed E-state index contributed by atoms with van der Waals surface area (Å²) in [6, 6.07) is 16.2. The van der Waals surface area contributed by atoms with Crippen molar-refractivity contribution in [1.29, 1.82) is 0 Å². The van der Waals surface area contributed by atoms with Crippen LogP contribution in [0.3, 0.4) is 0 Å². The van der Waals surface area contributed by atoms with Gasteiger partial charge in [-0.2, -0.15) is 9.29 Å². The summed E-state index contributed by atoms with van der Waals surface area (Å²) in [5.41, 5.74) is 0.701. The summed E-state index contributed by atoms with van der Waals surface area (Å²) in [6.45, 7) is -0.0254. The van der Waals surface area contributed by atoms with E-state index in [9.17, 15) is 8.42 Å². The van der Waals surface area contributed by atoms with E-state index >= 15 is 0 Å². The van der Waals surface area contributed by atoms with Crippen molar-refractivity contribution in [2.75, 3.05) is 7.05 Å². The van der Waals surface area contributed by atoms with Crippen LogP contribution in [-0.2, 0) is 16.6 Å². The van der Waals surface area contributed by atoms with E-state index in [4.69, 9.17) is 4.52 Å². The highest BCUT2D eigenvalue weighted by Crippen LogP contribution is 2.22. The quantitative estimate of drug-likeness (QED) is 0.528. The lowest BCUT2D eigenvalue weighted by molar-refractivity contribution is 0.337. The third-order valence-electron chi connectivity index (χ3n) is 4.17. The molecule has 4 rings (SSSR count). The van der Waals surface area contributed by atoms with Gasteiger partial charge in [-0.05, 0) is 35.0 Å². The van der Waals surface area contributed by atoms with Crippen LogP contribution in [0.4, 0.5) is 0 Å². The van der Waals surface area contributed by atoms with Crippen LogP contribution in [0.25, 0.3) is 22.2 Å². The molecule has 27 heavy (non-hydrogen) atoms. The second kappa shape index (κ2) is 6.90. The number of nitrogens with zero attached hydrogens (tertiary/aromatic N) is 4. The fourth-order valence-corrected chi connectivity index (χ4v) is 3.87. The Bertz CT molecular complexity index is 1190. The number of fused-ring (bicyclic) bond motifs is 1. The number of sulfonamides is 1. The minimum Gasteiger partial charge on any atom is -0.338 e. The van der Waals surface area contributed by atoms with Crippen molar-refractivity contribution in [3.8, 4) is 11.4 Å². The highest BCUT2D eigenvalue weighted by molar-refractivity contribution is 7.89. The molecule has 0 saturated heterocycles. The zero-order valence-electron chi connectivity index (χ0n) is 14.5. The second-order valence-electron chi connectivity index (χ2n) is 6.02. The summed E-state index contributed by atoms with van der Waals surface area (Å²) in [4.78, 5) is 8.48. The average molecular weight is 380 g/mol. The number of benzene rings is 2. The SMILES string of the molecule is CN(Cc1nc(-c2cccnc2)no1)S(=O)(=O)c1ccc2ccccc2c1. The Labute approximate surface area is 156 Å². The van der Waals surface area contributed by atoms with Gasteiger partial charge in [-0.1, -0.05) is 35.5 Å². The van der Waals surface area contributed by atoms with E-state index in [-0.39, 0.29) is 17.3 Å². The minimum absolute atomic E-state index is 0.0254. The molecule has 136 valence electrons. The summed E-state index contributed by atoms with van der Waals surface area (Å²) in [6.07, 6.45) is 3.26. The molecular formula is C19H16N4O3S. The second-order valence-corrected chi connectivity index (χ2v) is 8.07. The zero-order valence-corrected chi connectivity index (χ0v) is 15.3. The summed E-state index contributed by atoms with van der Waals surface area (Å²) >= 11 is 0. The molecule has 2 heterocycles. The van der Waals surface area contributed by atoms with Gasteiger partial charge >= 0.3 is 0 Å². The molecule has 2 aromatic heterocycles. The maximum atomic E-state index is 12.9. The largest absolute Gasteiger partial charge is 0.338 e. The van der Waals surface area contributed by atoms with Crippen molar-refractivity contribution in [2.24, 2.45) is 0 Å². The van der Waals surface area contributed by atoms with Crippen molar-refractivity contribution in [2.45, 2.75) is 11.4 Å². The van der Waals surface area contributed by atoms with Crippen LogP contribution in [0.5, 0.6) is 0 Å². The van der Waals surface area contributed by atoms with Gasteiger partial charge in [0.2, 0.25) is 21.7 Å². The van der Waals surface area contributed by atoms with E-state index in [1.165, 1.54) is 11.4 Å². The molecule has 0 spiro atoms. The fourth-order valence-electron chi connectivity index (χ4n) is 2.71. The van der Waals surface area contributed by atoms with E-state index in [0.29, 0.717) is 11.4 Å². The normalized spacial score (nSPS) is 11.9. The summed E-state index contributed by atoms with van der Waals surface area (Å²) in [7, 11) is -2.21. The maximum absolute atomic E-state index is 12.9. The summed E-state index contributed by atoms with van der Waals surface area (Å²) in [5, 5.41) is 5.74. The molecule has 0 bridgehead atoms. The fraction of sp³-hybridized carbons (Fsp3) is 0.105. The molecule has 0 N–H and O–H groups in total. The van der Waals surface area contributed by atoms with Gasteiger partial charge in [0.1, 0.15) is 0 Å². The van der Waals surface area contributed by atoms with E-state index in [1.807, 2.05) is 24.3 Å². The van der Waals surface area contributed by atoms with Crippen LogP contribution in [0.15, 0.2) is 76.4 Å². The Balaban J connectivity index is 1.58.